The van der Waals surface area contributed by atoms with Crippen LogP contribution >= 0.6 is 0 Å². The molecule has 0 saturated heterocycles. The summed E-state index contributed by atoms with van der Waals surface area (Å²) in [5, 5.41) is 2.83. The third-order valence-electron chi connectivity index (χ3n) is 4.46. The van der Waals surface area contributed by atoms with Crippen LogP contribution in [-0.2, 0) is 26.9 Å². The molecule has 3 rings (SSSR count). The van der Waals surface area contributed by atoms with Crippen LogP contribution in [0.5, 0.6) is 5.88 Å². The maximum atomic E-state index is 12.6. The molecule has 8 heteroatoms. The van der Waals surface area contributed by atoms with E-state index in [0.29, 0.717) is 30.2 Å². The summed E-state index contributed by atoms with van der Waals surface area (Å²) in [6.07, 6.45) is 1.62. The molecule has 0 atom stereocenters. The molecule has 0 aliphatic heterocycles. The van der Waals surface area contributed by atoms with Gasteiger partial charge in [-0.25, -0.2) is 13.4 Å². The molecule has 0 spiro atoms. The van der Waals surface area contributed by atoms with Crippen molar-refractivity contribution in [3.05, 3.63) is 89.6 Å². The minimum absolute atomic E-state index is 0.182. The fraction of sp³-hybridized carbons (Fsp3) is 0.217. The number of methoxy groups -OCH3 is 1. The second kappa shape index (κ2) is 10.7. The van der Waals surface area contributed by atoms with Crippen LogP contribution in [0.4, 0.5) is 0 Å². The van der Waals surface area contributed by atoms with Crippen LogP contribution in [0.2, 0.25) is 0 Å². The Bertz CT molecular complexity index is 1120. The summed E-state index contributed by atoms with van der Waals surface area (Å²) in [7, 11) is -1.91. The van der Waals surface area contributed by atoms with Gasteiger partial charge >= 0.3 is 0 Å². The highest BCUT2D eigenvalue weighted by atomic mass is 32.2. The second-order valence-corrected chi connectivity index (χ2v) is 8.75. The van der Waals surface area contributed by atoms with Crippen LogP contribution in [0, 0.1) is 0 Å². The molecule has 31 heavy (non-hydrogen) atoms. The molecule has 0 aliphatic rings. The largest absolute Gasteiger partial charge is 0.475 e. The number of rotatable bonds is 10. The standard InChI is InChI=1S/C23H24N2O5S/c1-29-13-14-30-23-20(9-6-12-24-23)16-25-22(26)19-8-5-7-18(15-19)17-31(27,28)21-10-3-2-4-11-21/h2-12,15H,13-14,16-17H2,1H3,(H,25,26). The Labute approximate surface area is 182 Å². The van der Waals surface area contributed by atoms with E-state index in [1.807, 2.05) is 6.07 Å². The highest BCUT2D eigenvalue weighted by Crippen LogP contribution is 2.18. The average molecular weight is 441 g/mol. The Morgan fingerprint density at radius 1 is 1.00 bits per heavy atom. The summed E-state index contributed by atoms with van der Waals surface area (Å²) in [4.78, 5) is 17.1. The highest BCUT2D eigenvalue weighted by molar-refractivity contribution is 7.90. The Kier molecular flexibility index (Phi) is 7.75. The van der Waals surface area contributed by atoms with Crippen LogP contribution in [0.25, 0.3) is 0 Å². The number of pyridine rings is 1. The quantitative estimate of drug-likeness (QED) is 0.487. The first kappa shape index (κ1) is 22.5. The molecular formula is C23H24N2O5S. The van der Waals surface area contributed by atoms with Crippen LogP contribution in [-0.4, -0.2) is 39.6 Å². The molecule has 0 fully saturated rings. The highest BCUT2D eigenvalue weighted by Gasteiger charge is 2.16. The van der Waals surface area contributed by atoms with Gasteiger partial charge in [-0.2, -0.15) is 0 Å². The van der Waals surface area contributed by atoms with Crippen molar-refractivity contribution in [2.24, 2.45) is 0 Å². The predicted molar refractivity (Wildman–Crippen MR) is 117 cm³/mol. The van der Waals surface area contributed by atoms with Crippen molar-refractivity contribution in [2.75, 3.05) is 20.3 Å². The molecule has 162 valence electrons. The molecule has 0 aliphatic carbocycles. The normalized spacial score (nSPS) is 11.1. The lowest BCUT2D eigenvalue weighted by Crippen LogP contribution is -2.23. The number of aromatic nitrogens is 1. The number of nitrogens with one attached hydrogen (secondary N) is 1. The summed E-state index contributed by atoms with van der Waals surface area (Å²) < 4.78 is 35.8. The van der Waals surface area contributed by atoms with E-state index in [9.17, 15) is 13.2 Å². The van der Waals surface area contributed by atoms with Gasteiger partial charge in [-0.15, -0.1) is 0 Å². The second-order valence-electron chi connectivity index (χ2n) is 6.76. The van der Waals surface area contributed by atoms with Gasteiger partial charge in [0.1, 0.15) is 6.61 Å². The van der Waals surface area contributed by atoms with E-state index < -0.39 is 9.84 Å². The lowest BCUT2D eigenvalue weighted by Gasteiger charge is -2.11. The fourth-order valence-corrected chi connectivity index (χ4v) is 4.28. The van der Waals surface area contributed by atoms with Crippen molar-refractivity contribution in [1.82, 2.24) is 10.3 Å². The number of benzene rings is 2. The number of amides is 1. The SMILES string of the molecule is COCCOc1ncccc1CNC(=O)c1cccc(CS(=O)(=O)c2ccccc2)c1. The first-order valence-electron chi connectivity index (χ1n) is 9.70. The third-order valence-corrected chi connectivity index (χ3v) is 6.17. The first-order valence-corrected chi connectivity index (χ1v) is 11.4. The third kappa shape index (κ3) is 6.37. The van der Waals surface area contributed by atoms with Crippen LogP contribution in [0.3, 0.4) is 0 Å². The molecule has 1 heterocycles. The lowest BCUT2D eigenvalue weighted by molar-refractivity contribution is 0.0950. The van der Waals surface area contributed by atoms with Gasteiger partial charge in [0.2, 0.25) is 5.88 Å². The number of hydrogen-bond donors (Lipinski definition) is 1. The molecule has 3 aromatic rings. The van der Waals surface area contributed by atoms with Crippen LogP contribution in [0.1, 0.15) is 21.5 Å². The minimum atomic E-state index is -3.49. The van der Waals surface area contributed by atoms with E-state index in [1.54, 1.807) is 74.0 Å². The number of ether oxygens (including phenoxy) is 2. The minimum Gasteiger partial charge on any atom is -0.475 e. The van der Waals surface area contributed by atoms with E-state index in [4.69, 9.17) is 9.47 Å². The summed E-state index contributed by atoms with van der Waals surface area (Å²) >= 11 is 0. The van der Waals surface area contributed by atoms with E-state index in [2.05, 4.69) is 10.3 Å². The molecule has 0 saturated carbocycles. The van der Waals surface area contributed by atoms with Gasteiger partial charge < -0.3 is 14.8 Å². The Morgan fingerprint density at radius 3 is 2.58 bits per heavy atom. The van der Waals surface area contributed by atoms with Crippen molar-refractivity contribution in [1.29, 1.82) is 0 Å². The zero-order chi connectivity index (χ0) is 22.1. The summed E-state index contributed by atoms with van der Waals surface area (Å²) in [6.45, 7) is 1.01. The average Bonchev–Trinajstić information content (AvgIpc) is 2.79. The van der Waals surface area contributed by atoms with Crippen molar-refractivity contribution in [3.63, 3.8) is 0 Å². The Morgan fingerprint density at radius 2 is 1.81 bits per heavy atom. The first-order chi connectivity index (χ1) is 15.0. The Hall–Kier alpha value is -3.23. The molecular weight excluding hydrogens is 416 g/mol. The molecule has 1 N–H and O–H groups in total. The summed E-state index contributed by atoms with van der Waals surface area (Å²) in [6, 6.07) is 18.4. The lowest BCUT2D eigenvalue weighted by atomic mass is 10.1. The van der Waals surface area contributed by atoms with Gasteiger partial charge in [0.15, 0.2) is 9.84 Å². The number of nitrogens with zero attached hydrogens (tertiary/aromatic N) is 1. The number of carbonyl (C=O) groups is 1. The summed E-state index contributed by atoms with van der Waals surface area (Å²) in [5.41, 5.74) is 1.66. The molecule has 0 radical (unpaired) electrons. The summed E-state index contributed by atoms with van der Waals surface area (Å²) in [5.74, 6) is -0.0636. The van der Waals surface area contributed by atoms with Crippen LogP contribution in [0.15, 0.2) is 77.8 Å². The van der Waals surface area contributed by atoms with E-state index in [0.717, 1.165) is 5.56 Å². The zero-order valence-electron chi connectivity index (χ0n) is 17.2. The van der Waals surface area contributed by atoms with Crippen molar-refractivity contribution >= 4 is 15.7 Å². The maximum absolute atomic E-state index is 12.6. The van der Waals surface area contributed by atoms with E-state index in [-0.39, 0.29) is 23.1 Å². The molecule has 1 amide bonds. The van der Waals surface area contributed by atoms with Crippen molar-refractivity contribution in [2.45, 2.75) is 17.2 Å². The van der Waals surface area contributed by atoms with Gasteiger partial charge in [0, 0.05) is 31.0 Å². The molecule has 0 bridgehead atoms. The van der Waals surface area contributed by atoms with Crippen LogP contribution < -0.4 is 10.1 Å². The topological polar surface area (TPSA) is 94.6 Å². The number of carbonyl (C=O) groups excluding carboxylic acids is 1. The van der Waals surface area contributed by atoms with Gasteiger partial charge in [-0.05, 0) is 35.9 Å². The van der Waals surface area contributed by atoms with Crippen molar-refractivity contribution < 1.29 is 22.7 Å². The Balaban J connectivity index is 1.66. The molecule has 0 unspecified atom stereocenters. The smallest absolute Gasteiger partial charge is 0.251 e. The molecule has 1 aromatic heterocycles. The van der Waals surface area contributed by atoms with Gasteiger partial charge in [-0.3, -0.25) is 4.79 Å². The van der Waals surface area contributed by atoms with E-state index >= 15 is 0 Å². The predicted octanol–water partition coefficient (Wildman–Crippen LogP) is 3.01. The fourth-order valence-electron chi connectivity index (χ4n) is 2.92. The van der Waals surface area contributed by atoms with Gasteiger partial charge in [-0.1, -0.05) is 36.4 Å². The van der Waals surface area contributed by atoms with Gasteiger partial charge in [0.25, 0.3) is 5.91 Å². The molecule has 2 aromatic carbocycles. The zero-order valence-corrected chi connectivity index (χ0v) is 18.0. The van der Waals surface area contributed by atoms with Gasteiger partial charge in [0.05, 0.1) is 17.3 Å². The number of hydrogen-bond acceptors (Lipinski definition) is 6. The number of sulfone groups is 1. The van der Waals surface area contributed by atoms with E-state index in [1.165, 1.54) is 0 Å². The monoisotopic (exact) mass is 440 g/mol. The molecule has 7 nitrogen and oxygen atoms in total. The van der Waals surface area contributed by atoms with Crippen molar-refractivity contribution in [3.8, 4) is 5.88 Å². The maximum Gasteiger partial charge on any atom is 0.251 e.